The third kappa shape index (κ3) is 4.66. The summed E-state index contributed by atoms with van der Waals surface area (Å²) in [6.45, 7) is 7.20. The van der Waals surface area contributed by atoms with Crippen LogP contribution in [-0.4, -0.2) is 29.4 Å². The van der Waals surface area contributed by atoms with Crippen molar-refractivity contribution >= 4 is 5.91 Å². The van der Waals surface area contributed by atoms with Crippen molar-refractivity contribution in [2.45, 2.75) is 71.4 Å². The summed E-state index contributed by atoms with van der Waals surface area (Å²) in [6, 6.07) is 0.639. The van der Waals surface area contributed by atoms with E-state index < -0.39 is 0 Å². The average molecular weight is 240 g/mol. The van der Waals surface area contributed by atoms with E-state index in [1.807, 2.05) is 4.90 Å². The van der Waals surface area contributed by atoms with Crippen LogP contribution in [0.3, 0.4) is 0 Å². The van der Waals surface area contributed by atoms with E-state index in [1.165, 1.54) is 12.8 Å². The molecule has 0 aromatic rings. The zero-order valence-corrected chi connectivity index (χ0v) is 11.6. The summed E-state index contributed by atoms with van der Waals surface area (Å²) in [7, 11) is 0. The molecule has 1 aliphatic rings. The Balaban J connectivity index is 2.45. The molecule has 17 heavy (non-hydrogen) atoms. The lowest BCUT2D eigenvalue weighted by atomic mass is 9.84. The minimum Gasteiger partial charge on any atom is -0.340 e. The van der Waals surface area contributed by atoms with Crippen molar-refractivity contribution in [1.29, 1.82) is 0 Å². The third-order valence-corrected chi connectivity index (χ3v) is 3.69. The van der Waals surface area contributed by atoms with Gasteiger partial charge in [-0.05, 0) is 45.4 Å². The molecule has 100 valence electrons. The number of nitrogens with two attached hydrogens (primary N) is 1. The molecule has 0 aliphatic heterocycles. The van der Waals surface area contributed by atoms with E-state index in [0.29, 0.717) is 30.3 Å². The van der Waals surface area contributed by atoms with Crippen LogP contribution in [0.25, 0.3) is 0 Å². The number of amides is 1. The first-order chi connectivity index (χ1) is 8.04. The molecule has 0 saturated heterocycles. The average Bonchev–Trinajstić information content (AvgIpc) is 2.25. The van der Waals surface area contributed by atoms with Crippen LogP contribution in [-0.2, 0) is 4.79 Å². The highest BCUT2D eigenvalue weighted by Crippen LogP contribution is 2.26. The highest BCUT2D eigenvalue weighted by Gasteiger charge is 2.24. The van der Waals surface area contributed by atoms with Gasteiger partial charge in [0.05, 0.1) is 0 Å². The fraction of sp³-hybridized carbons (Fsp3) is 0.929. The van der Waals surface area contributed by atoms with Gasteiger partial charge in [0.15, 0.2) is 0 Å². The molecular weight excluding hydrogens is 212 g/mol. The Bertz CT molecular complexity index is 240. The summed E-state index contributed by atoms with van der Waals surface area (Å²) in [5.74, 6) is 0.838. The zero-order valence-electron chi connectivity index (χ0n) is 11.6. The van der Waals surface area contributed by atoms with E-state index in [4.69, 9.17) is 5.73 Å². The molecule has 3 nitrogen and oxygen atoms in total. The molecule has 0 aromatic carbocycles. The highest BCUT2D eigenvalue weighted by molar-refractivity contribution is 5.76. The van der Waals surface area contributed by atoms with Gasteiger partial charge in [0.1, 0.15) is 0 Å². The first kappa shape index (κ1) is 14.5. The molecule has 2 unspecified atom stereocenters. The molecule has 1 rings (SSSR count). The first-order valence-electron chi connectivity index (χ1n) is 7.09. The Morgan fingerprint density at radius 1 is 1.41 bits per heavy atom. The third-order valence-electron chi connectivity index (χ3n) is 3.69. The fourth-order valence-electron chi connectivity index (χ4n) is 2.79. The van der Waals surface area contributed by atoms with Gasteiger partial charge in [0, 0.05) is 25.0 Å². The second-order valence-corrected chi connectivity index (χ2v) is 5.68. The summed E-state index contributed by atoms with van der Waals surface area (Å²) >= 11 is 0. The Hall–Kier alpha value is -0.570. The maximum absolute atomic E-state index is 12.2. The summed E-state index contributed by atoms with van der Waals surface area (Å²) < 4.78 is 0. The molecule has 3 heteroatoms. The van der Waals surface area contributed by atoms with Crippen LogP contribution in [0.1, 0.15) is 59.3 Å². The van der Waals surface area contributed by atoms with Gasteiger partial charge in [-0.3, -0.25) is 4.79 Å². The van der Waals surface area contributed by atoms with Gasteiger partial charge in [-0.1, -0.05) is 13.3 Å². The Morgan fingerprint density at radius 2 is 2.12 bits per heavy atom. The fourth-order valence-corrected chi connectivity index (χ4v) is 2.79. The van der Waals surface area contributed by atoms with E-state index in [-0.39, 0.29) is 0 Å². The van der Waals surface area contributed by atoms with Crippen molar-refractivity contribution < 1.29 is 4.79 Å². The molecule has 0 bridgehead atoms. The van der Waals surface area contributed by atoms with Crippen LogP contribution in [0.5, 0.6) is 0 Å². The Labute approximate surface area is 106 Å². The van der Waals surface area contributed by atoms with Crippen LogP contribution in [0.2, 0.25) is 0 Å². The van der Waals surface area contributed by atoms with Gasteiger partial charge in [-0.25, -0.2) is 0 Å². The molecule has 0 aromatic heterocycles. The predicted octanol–water partition coefficient (Wildman–Crippen LogP) is 2.54. The molecule has 0 spiro atoms. The topological polar surface area (TPSA) is 46.3 Å². The van der Waals surface area contributed by atoms with E-state index in [0.717, 1.165) is 25.8 Å². The first-order valence-corrected chi connectivity index (χ1v) is 7.09. The second kappa shape index (κ2) is 7.00. The number of hydrogen-bond acceptors (Lipinski definition) is 2. The van der Waals surface area contributed by atoms with E-state index in [9.17, 15) is 4.79 Å². The molecule has 2 atom stereocenters. The van der Waals surface area contributed by atoms with Crippen LogP contribution in [0.4, 0.5) is 0 Å². The number of nitrogens with zero attached hydrogens (tertiary/aromatic N) is 1. The van der Waals surface area contributed by atoms with Crippen LogP contribution in [0, 0.1) is 5.92 Å². The minimum absolute atomic E-state index is 0.319. The molecule has 1 amide bonds. The van der Waals surface area contributed by atoms with Crippen LogP contribution >= 0.6 is 0 Å². The van der Waals surface area contributed by atoms with Crippen LogP contribution < -0.4 is 5.73 Å². The van der Waals surface area contributed by atoms with Crippen LogP contribution in [0.15, 0.2) is 0 Å². The SMILES string of the molecule is CCCN(C(=O)CC1CCCC(N)C1)C(C)C. The van der Waals surface area contributed by atoms with E-state index in [1.54, 1.807) is 0 Å². The standard InChI is InChI=1S/C14H28N2O/c1-4-8-16(11(2)3)14(17)10-12-6-5-7-13(15)9-12/h11-13H,4-10,15H2,1-3H3. The highest BCUT2D eigenvalue weighted by atomic mass is 16.2. The number of rotatable bonds is 5. The molecule has 1 fully saturated rings. The molecule has 1 saturated carbocycles. The van der Waals surface area contributed by atoms with Crippen molar-refractivity contribution in [2.75, 3.05) is 6.54 Å². The van der Waals surface area contributed by atoms with Crippen molar-refractivity contribution in [3.8, 4) is 0 Å². The van der Waals surface area contributed by atoms with Gasteiger partial charge in [-0.2, -0.15) is 0 Å². The summed E-state index contributed by atoms with van der Waals surface area (Å²) in [5.41, 5.74) is 5.97. The van der Waals surface area contributed by atoms with Gasteiger partial charge in [0.25, 0.3) is 0 Å². The van der Waals surface area contributed by atoms with E-state index >= 15 is 0 Å². The lowest BCUT2D eigenvalue weighted by molar-refractivity contribution is -0.134. The number of carbonyl (C=O) groups is 1. The molecular formula is C14H28N2O. The number of hydrogen-bond donors (Lipinski definition) is 1. The summed E-state index contributed by atoms with van der Waals surface area (Å²) in [5, 5.41) is 0. The summed E-state index contributed by atoms with van der Waals surface area (Å²) in [4.78, 5) is 14.2. The van der Waals surface area contributed by atoms with Gasteiger partial charge < -0.3 is 10.6 Å². The lowest BCUT2D eigenvalue weighted by Gasteiger charge is -2.31. The maximum Gasteiger partial charge on any atom is 0.223 e. The Morgan fingerprint density at radius 3 is 2.65 bits per heavy atom. The smallest absolute Gasteiger partial charge is 0.223 e. The normalized spacial score (nSPS) is 25.0. The van der Waals surface area contributed by atoms with Crippen molar-refractivity contribution in [3.63, 3.8) is 0 Å². The molecule has 2 N–H and O–H groups in total. The number of carbonyl (C=O) groups excluding carboxylic acids is 1. The van der Waals surface area contributed by atoms with Gasteiger partial charge in [-0.15, -0.1) is 0 Å². The van der Waals surface area contributed by atoms with Crippen molar-refractivity contribution in [2.24, 2.45) is 11.7 Å². The molecule has 0 heterocycles. The zero-order chi connectivity index (χ0) is 12.8. The maximum atomic E-state index is 12.2. The van der Waals surface area contributed by atoms with Gasteiger partial charge >= 0.3 is 0 Å². The largest absolute Gasteiger partial charge is 0.340 e. The monoisotopic (exact) mass is 240 g/mol. The van der Waals surface area contributed by atoms with Crippen molar-refractivity contribution in [1.82, 2.24) is 4.90 Å². The van der Waals surface area contributed by atoms with Crippen molar-refractivity contribution in [3.05, 3.63) is 0 Å². The molecule has 0 radical (unpaired) electrons. The van der Waals surface area contributed by atoms with E-state index in [2.05, 4.69) is 20.8 Å². The molecule has 1 aliphatic carbocycles. The minimum atomic E-state index is 0.319. The van der Waals surface area contributed by atoms with Gasteiger partial charge in [0.2, 0.25) is 5.91 Å². The second-order valence-electron chi connectivity index (χ2n) is 5.68. The summed E-state index contributed by atoms with van der Waals surface area (Å²) in [6.07, 6.45) is 6.27. The quantitative estimate of drug-likeness (QED) is 0.802. The predicted molar refractivity (Wildman–Crippen MR) is 71.7 cm³/mol. The Kier molecular flexibility index (Phi) is 5.96. The lowest BCUT2D eigenvalue weighted by Crippen LogP contribution is -2.39.